The number of likely N-dealkylation sites (tertiary alicyclic amines) is 1. The molecule has 0 radical (unpaired) electrons. The van der Waals surface area contributed by atoms with E-state index in [1.54, 1.807) is 9.58 Å². The van der Waals surface area contributed by atoms with Gasteiger partial charge in [-0.1, -0.05) is 24.8 Å². The van der Waals surface area contributed by atoms with Gasteiger partial charge in [-0.25, -0.2) is 4.68 Å². The highest BCUT2D eigenvalue weighted by atomic mass is 16.2. The van der Waals surface area contributed by atoms with Gasteiger partial charge in [-0.15, -0.1) is 0 Å². The standard InChI is InChI=1S/C22H28N6O2/c1-3-18(29)27-10-6-8-16(27)13-28-21(23)19(22(24)30)20(25-28)15-11-14-7-4-5-9-17(14)26(2)12-15/h3-5,7,9,15-16H,1,6,8,10-13,23H2,2H3,(H2,24,30). The normalized spacial score (nSPS) is 20.8. The predicted octanol–water partition coefficient (Wildman–Crippen LogP) is 1.52. The van der Waals surface area contributed by atoms with Gasteiger partial charge < -0.3 is 21.3 Å². The van der Waals surface area contributed by atoms with E-state index in [4.69, 9.17) is 16.6 Å². The second-order valence-electron chi connectivity index (χ2n) is 8.13. The SMILES string of the molecule is C=CC(=O)N1CCCC1Cn1nc(C2Cc3ccccc3N(C)C2)c(C(N)=O)c1N. The van der Waals surface area contributed by atoms with Gasteiger partial charge in [-0.3, -0.25) is 9.59 Å². The number of fused-ring (bicyclic) bond motifs is 1. The molecule has 0 bridgehead atoms. The quantitative estimate of drug-likeness (QED) is 0.729. The Bertz CT molecular complexity index is 998. The molecular weight excluding hydrogens is 380 g/mol. The van der Waals surface area contributed by atoms with Crippen LogP contribution in [-0.4, -0.2) is 52.7 Å². The molecule has 0 spiro atoms. The number of nitrogens with zero attached hydrogens (tertiary/aromatic N) is 4. The molecule has 1 aromatic carbocycles. The molecule has 0 aliphatic carbocycles. The maximum Gasteiger partial charge on any atom is 0.254 e. The minimum atomic E-state index is -0.569. The third kappa shape index (κ3) is 3.42. The van der Waals surface area contributed by atoms with Crippen LogP contribution in [-0.2, 0) is 17.8 Å². The highest BCUT2D eigenvalue weighted by molar-refractivity contribution is 5.98. The van der Waals surface area contributed by atoms with E-state index in [0.29, 0.717) is 24.3 Å². The number of hydrogen-bond acceptors (Lipinski definition) is 5. The van der Waals surface area contributed by atoms with E-state index in [0.717, 1.165) is 25.8 Å². The Morgan fingerprint density at radius 1 is 1.33 bits per heavy atom. The summed E-state index contributed by atoms with van der Waals surface area (Å²) >= 11 is 0. The van der Waals surface area contributed by atoms with Gasteiger partial charge in [0.1, 0.15) is 11.4 Å². The Kier molecular flexibility index (Phi) is 5.24. The number of benzene rings is 1. The molecule has 1 saturated heterocycles. The summed E-state index contributed by atoms with van der Waals surface area (Å²) in [5, 5.41) is 4.75. The summed E-state index contributed by atoms with van der Waals surface area (Å²) < 4.78 is 1.65. The summed E-state index contributed by atoms with van der Waals surface area (Å²) in [7, 11) is 2.03. The fraction of sp³-hybridized carbons (Fsp3) is 0.409. The van der Waals surface area contributed by atoms with Crippen LogP contribution in [0.2, 0.25) is 0 Å². The lowest BCUT2D eigenvalue weighted by Crippen LogP contribution is -2.37. The van der Waals surface area contributed by atoms with Crippen molar-refractivity contribution in [2.75, 3.05) is 30.8 Å². The number of anilines is 2. The van der Waals surface area contributed by atoms with Crippen LogP contribution in [0.15, 0.2) is 36.9 Å². The zero-order valence-electron chi connectivity index (χ0n) is 17.3. The third-order valence-corrected chi connectivity index (χ3v) is 6.23. The number of hydrogen-bond donors (Lipinski definition) is 2. The lowest BCUT2D eigenvalue weighted by atomic mass is 9.88. The van der Waals surface area contributed by atoms with Crippen molar-refractivity contribution in [3.8, 4) is 0 Å². The molecule has 2 aliphatic rings. The maximum absolute atomic E-state index is 12.3. The Hall–Kier alpha value is -3.29. The third-order valence-electron chi connectivity index (χ3n) is 6.23. The number of likely N-dealkylation sites (N-methyl/N-ethyl adjacent to an activating group) is 1. The number of carbonyl (C=O) groups is 2. The van der Waals surface area contributed by atoms with Crippen molar-refractivity contribution < 1.29 is 9.59 Å². The monoisotopic (exact) mass is 408 g/mol. The van der Waals surface area contributed by atoms with Gasteiger partial charge >= 0.3 is 0 Å². The molecule has 2 atom stereocenters. The van der Waals surface area contributed by atoms with Gasteiger partial charge in [0.25, 0.3) is 5.91 Å². The smallest absolute Gasteiger partial charge is 0.254 e. The second kappa shape index (κ2) is 7.85. The molecule has 2 unspecified atom stereocenters. The average molecular weight is 409 g/mol. The number of aromatic nitrogens is 2. The van der Waals surface area contributed by atoms with Crippen LogP contribution < -0.4 is 16.4 Å². The van der Waals surface area contributed by atoms with Gasteiger partial charge in [0.05, 0.1) is 18.3 Å². The molecule has 158 valence electrons. The minimum Gasteiger partial charge on any atom is -0.383 e. The number of amides is 2. The molecule has 4 rings (SSSR count). The fourth-order valence-corrected chi connectivity index (χ4v) is 4.80. The maximum atomic E-state index is 12.3. The largest absolute Gasteiger partial charge is 0.383 e. The highest BCUT2D eigenvalue weighted by Gasteiger charge is 2.33. The Balaban J connectivity index is 1.66. The van der Waals surface area contributed by atoms with Gasteiger partial charge in [0, 0.05) is 31.7 Å². The van der Waals surface area contributed by atoms with Crippen LogP contribution in [0.4, 0.5) is 11.5 Å². The van der Waals surface area contributed by atoms with Gasteiger partial charge in [0.2, 0.25) is 5.91 Å². The van der Waals surface area contributed by atoms with Crippen molar-refractivity contribution in [2.45, 2.75) is 37.8 Å². The van der Waals surface area contributed by atoms with Gasteiger partial charge in [0.15, 0.2) is 0 Å². The molecule has 3 heterocycles. The van der Waals surface area contributed by atoms with Crippen molar-refractivity contribution in [3.63, 3.8) is 0 Å². The molecule has 30 heavy (non-hydrogen) atoms. The molecule has 4 N–H and O–H groups in total. The van der Waals surface area contributed by atoms with E-state index in [9.17, 15) is 9.59 Å². The Labute approximate surface area is 176 Å². The number of nitrogen functional groups attached to an aromatic ring is 1. The first-order valence-corrected chi connectivity index (χ1v) is 10.3. The van der Waals surface area contributed by atoms with Crippen molar-refractivity contribution in [1.82, 2.24) is 14.7 Å². The molecule has 2 amide bonds. The van der Waals surface area contributed by atoms with Gasteiger partial charge in [-0.05, 0) is 37.0 Å². The van der Waals surface area contributed by atoms with E-state index in [1.807, 2.05) is 19.2 Å². The zero-order valence-corrected chi connectivity index (χ0v) is 17.3. The minimum absolute atomic E-state index is 0.00504. The Morgan fingerprint density at radius 2 is 2.10 bits per heavy atom. The van der Waals surface area contributed by atoms with Crippen LogP contribution in [0.3, 0.4) is 0 Å². The average Bonchev–Trinajstić information content (AvgIpc) is 3.32. The highest BCUT2D eigenvalue weighted by Crippen LogP contribution is 2.36. The molecule has 0 saturated carbocycles. The summed E-state index contributed by atoms with van der Waals surface area (Å²) in [5.74, 6) is -0.382. The summed E-state index contributed by atoms with van der Waals surface area (Å²) in [6.07, 6.45) is 3.88. The van der Waals surface area contributed by atoms with Crippen LogP contribution in [0.25, 0.3) is 0 Å². The first-order chi connectivity index (χ1) is 14.4. The summed E-state index contributed by atoms with van der Waals surface area (Å²) in [4.78, 5) is 28.4. The number of rotatable bonds is 5. The summed E-state index contributed by atoms with van der Waals surface area (Å²) in [5.41, 5.74) is 15.4. The van der Waals surface area contributed by atoms with Crippen molar-refractivity contribution in [2.24, 2.45) is 5.73 Å². The number of primary amides is 1. The molecular formula is C22H28N6O2. The summed E-state index contributed by atoms with van der Waals surface area (Å²) in [6, 6.07) is 8.21. The molecule has 1 aromatic heterocycles. The molecule has 2 aliphatic heterocycles. The van der Waals surface area contributed by atoms with Crippen molar-refractivity contribution in [3.05, 3.63) is 53.7 Å². The molecule has 1 fully saturated rings. The van der Waals surface area contributed by atoms with Crippen LogP contribution >= 0.6 is 0 Å². The summed E-state index contributed by atoms with van der Waals surface area (Å²) in [6.45, 7) is 5.43. The van der Waals surface area contributed by atoms with E-state index in [2.05, 4.69) is 23.6 Å². The number of carbonyl (C=O) groups excluding carboxylic acids is 2. The topological polar surface area (TPSA) is 110 Å². The predicted molar refractivity (Wildman–Crippen MR) is 116 cm³/mol. The first kappa shape index (κ1) is 20.0. The molecule has 8 nitrogen and oxygen atoms in total. The lowest BCUT2D eigenvalue weighted by Gasteiger charge is -2.33. The van der Waals surface area contributed by atoms with Gasteiger partial charge in [-0.2, -0.15) is 5.10 Å². The fourth-order valence-electron chi connectivity index (χ4n) is 4.80. The zero-order chi connectivity index (χ0) is 21.4. The lowest BCUT2D eigenvalue weighted by molar-refractivity contribution is -0.127. The second-order valence-corrected chi connectivity index (χ2v) is 8.13. The van der Waals surface area contributed by atoms with E-state index >= 15 is 0 Å². The molecule has 8 heteroatoms. The van der Waals surface area contributed by atoms with E-state index in [-0.39, 0.29) is 23.7 Å². The van der Waals surface area contributed by atoms with Crippen LogP contribution in [0, 0.1) is 0 Å². The Morgan fingerprint density at radius 3 is 2.83 bits per heavy atom. The number of nitrogens with two attached hydrogens (primary N) is 2. The first-order valence-electron chi connectivity index (χ1n) is 10.3. The van der Waals surface area contributed by atoms with Crippen molar-refractivity contribution in [1.29, 1.82) is 0 Å². The number of para-hydroxylation sites is 1. The van der Waals surface area contributed by atoms with E-state index < -0.39 is 5.91 Å². The van der Waals surface area contributed by atoms with Crippen LogP contribution in [0.5, 0.6) is 0 Å². The molecule has 2 aromatic rings. The van der Waals surface area contributed by atoms with Crippen LogP contribution in [0.1, 0.15) is 40.4 Å². The van der Waals surface area contributed by atoms with Crippen molar-refractivity contribution >= 4 is 23.3 Å². The van der Waals surface area contributed by atoms with E-state index in [1.165, 1.54) is 17.3 Å².